The Kier molecular flexibility index (Phi) is 4.51. The van der Waals surface area contributed by atoms with Gasteiger partial charge in [0.1, 0.15) is 11.6 Å². The molecule has 0 aliphatic rings. The number of benzene rings is 2. The van der Waals surface area contributed by atoms with Gasteiger partial charge in [0.2, 0.25) is 0 Å². The van der Waals surface area contributed by atoms with Gasteiger partial charge < -0.3 is 5.32 Å². The van der Waals surface area contributed by atoms with Crippen molar-refractivity contribution < 1.29 is 13.6 Å². The van der Waals surface area contributed by atoms with Crippen LogP contribution in [0.15, 0.2) is 36.4 Å². The Morgan fingerprint density at radius 1 is 1.24 bits per heavy atom. The van der Waals surface area contributed by atoms with Crippen LogP contribution in [-0.4, -0.2) is 5.91 Å². The summed E-state index contributed by atoms with van der Waals surface area (Å²) in [5.74, 6) is -1.67. The number of amides is 1. The van der Waals surface area contributed by atoms with Gasteiger partial charge in [0, 0.05) is 12.1 Å². The average Bonchev–Trinajstić information content (AvgIpc) is 2.45. The van der Waals surface area contributed by atoms with E-state index in [1.165, 1.54) is 18.2 Å². The molecule has 0 radical (unpaired) electrons. The zero-order valence-corrected chi connectivity index (χ0v) is 11.4. The Morgan fingerprint density at radius 2 is 2.00 bits per heavy atom. The van der Waals surface area contributed by atoms with Crippen LogP contribution < -0.4 is 5.32 Å². The summed E-state index contributed by atoms with van der Waals surface area (Å²) in [4.78, 5) is 11.9. The number of nitrogens with one attached hydrogen (secondary N) is 1. The summed E-state index contributed by atoms with van der Waals surface area (Å²) in [6.07, 6.45) is 0. The summed E-state index contributed by atoms with van der Waals surface area (Å²) in [5, 5.41) is 11.1. The fourth-order valence-corrected chi connectivity index (χ4v) is 1.96. The van der Waals surface area contributed by atoms with Gasteiger partial charge in [-0.1, -0.05) is 17.7 Å². The number of halogens is 3. The molecule has 0 aromatic heterocycles. The van der Waals surface area contributed by atoms with Crippen LogP contribution in [0.25, 0.3) is 0 Å². The second kappa shape index (κ2) is 6.33. The molecule has 0 atom stereocenters. The number of carbonyl (C=O) groups excluding carboxylic acids is 1. The van der Waals surface area contributed by atoms with Crippen molar-refractivity contribution in [1.29, 1.82) is 5.26 Å². The van der Waals surface area contributed by atoms with Gasteiger partial charge in [-0.15, -0.1) is 0 Å². The molecule has 0 aliphatic heterocycles. The molecule has 0 bridgehead atoms. The maximum absolute atomic E-state index is 13.6. The number of nitriles is 1. The predicted molar refractivity (Wildman–Crippen MR) is 73.7 cm³/mol. The van der Waals surface area contributed by atoms with Crippen molar-refractivity contribution in [3.63, 3.8) is 0 Å². The first-order valence-electron chi connectivity index (χ1n) is 5.93. The SMILES string of the molecule is N#Cc1ccc(CNC(=O)c2ccc(F)cc2Cl)c(F)c1. The highest BCUT2D eigenvalue weighted by molar-refractivity contribution is 6.33. The first-order valence-corrected chi connectivity index (χ1v) is 6.31. The summed E-state index contributed by atoms with van der Waals surface area (Å²) in [6.45, 7) is -0.0654. The van der Waals surface area contributed by atoms with Gasteiger partial charge in [-0.05, 0) is 30.3 Å². The molecule has 1 N–H and O–H groups in total. The lowest BCUT2D eigenvalue weighted by Crippen LogP contribution is -2.23. The maximum Gasteiger partial charge on any atom is 0.253 e. The molecule has 0 spiro atoms. The van der Waals surface area contributed by atoms with Crippen molar-refractivity contribution in [2.24, 2.45) is 0 Å². The van der Waals surface area contributed by atoms with E-state index >= 15 is 0 Å². The molecule has 2 aromatic carbocycles. The highest BCUT2D eigenvalue weighted by Gasteiger charge is 2.12. The van der Waals surface area contributed by atoms with Gasteiger partial charge in [0.05, 0.1) is 22.2 Å². The van der Waals surface area contributed by atoms with Crippen LogP contribution in [0.1, 0.15) is 21.5 Å². The zero-order valence-electron chi connectivity index (χ0n) is 10.7. The van der Waals surface area contributed by atoms with Crippen molar-refractivity contribution in [1.82, 2.24) is 5.32 Å². The van der Waals surface area contributed by atoms with E-state index in [1.807, 2.05) is 6.07 Å². The van der Waals surface area contributed by atoms with Crippen LogP contribution in [0.5, 0.6) is 0 Å². The third-order valence-electron chi connectivity index (χ3n) is 2.80. The lowest BCUT2D eigenvalue weighted by atomic mass is 10.1. The minimum absolute atomic E-state index is 0.0206. The highest BCUT2D eigenvalue weighted by atomic mass is 35.5. The molecular weight excluding hydrogens is 298 g/mol. The molecule has 0 saturated carbocycles. The lowest BCUT2D eigenvalue weighted by Gasteiger charge is -2.08. The van der Waals surface area contributed by atoms with Gasteiger partial charge in [0.25, 0.3) is 5.91 Å². The molecule has 106 valence electrons. The Labute approximate surface area is 124 Å². The minimum atomic E-state index is -0.584. The molecule has 6 heteroatoms. The van der Waals surface area contributed by atoms with E-state index in [-0.39, 0.29) is 28.3 Å². The smallest absolute Gasteiger partial charge is 0.253 e. The molecule has 0 aliphatic carbocycles. The van der Waals surface area contributed by atoms with Crippen LogP contribution in [0.3, 0.4) is 0 Å². The highest BCUT2D eigenvalue weighted by Crippen LogP contribution is 2.17. The second-order valence-corrected chi connectivity index (χ2v) is 4.63. The van der Waals surface area contributed by atoms with Gasteiger partial charge in [-0.3, -0.25) is 4.79 Å². The number of hydrogen-bond donors (Lipinski definition) is 1. The second-order valence-electron chi connectivity index (χ2n) is 4.22. The van der Waals surface area contributed by atoms with Gasteiger partial charge in [-0.2, -0.15) is 5.26 Å². The fourth-order valence-electron chi connectivity index (χ4n) is 1.70. The van der Waals surface area contributed by atoms with Crippen molar-refractivity contribution in [2.45, 2.75) is 6.54 Å². The quantitative estimate of drug-likeness (QED) is 0.944. The van der Waals surface area contributed by atoms with Crippen LogP contribution >= 0.6 is 11.6 Å². The summed E-state index contributed by atoms with van der Waals surface area (Å²) in [5.41, 5.74) is 0.539. The molecule has 1 amide bonds. The number of rotatable bonds is 3. The lowest BCUT2D eigenvalue weighted by molar-refractivity contribution is 0.0950. The van der Waals surface area contributed by atoms with Crippen molar-refractivity contribution in [2.75, 3.05) is 0 Å². The fraction of sp³-hybridized carbons (Fsp3) is 0.0667. The molecule has 3 nitrogen and oxygen atoms in total. The molecule has 0 heterocycles. The maximum atomic E-state index is 13.6. The van der Waals surface area contributed by atoms with Crippen molar-refractivity contribution in [3.05, 3.63) is 69.7 Å². The van der Waals surface area contributed by atoms with Crippen molar-refractivity contribution in [3.8, 4) is 6.07 Å². The molecule has 0 saturated heterocycles. The van der Waals surface area contributed by atoms with E-state index in [9.17, 15) is 13.6 Å². The van der Waals surface area contributed by atoms with Crippen LogP contribution in [0, 0.1) is 23.0 Å². The Bertz CT molecular complexity index is 741. The largest absolute Gasteiger partial charge is 0.348 e. The average molecular weight is 307 g/mol. The monoisotopic (exact) mass is 306 g/mol. The van der Waals surface area contributed by atoms with Crippen LogP contribution in [0.4, 0.5) is 8.78 Å². The minimum Gasteiger partial charge on any atom is -0.348 e. The van der Waals surface area contributed by atoms with E-state index < -0.39 is 17.5 Å². The van der Waals surface area contributed by atoms with Gasteiger partial charge in [-0.25, -0.2) is 8.78 Å². The van der Waals surface area contributed by atoms with E-state index in [1.54, 1.807) is 0 Å². The third-order valence-corrected chi connectivity index (χ3v) is 3.11. The van der Waals surface area contributed by atoms with E-state index in [2.05, 4.69) is 5.32 Å². The molecule has 0 fully saturated rings. The van der Waals surface area contributed by atoms with Gasteiger partial charge >= 0.3 is 0 Å². The standard InChI is InChI=1S/C15H9ClF2N2O/c16-13-6-11(17)3-4-12(13)15(21)20-8-10-2-1-9(7-19)5-14(10)18/h1-6H,8H2,(H,20,21). The number of hydrogen-bond acceptors (Lipinski definition) is 2. The third kappa shape index (κ3) is 3.56. The van der Waals surface area contributed by atoms with E-state index in [0.29, 0.717) is 0 Å². The Hall–Kier alpha value is -2.45. The van der Waals surface area contributed by atoms with E-state index in [4.69, 9.17) is 16.9 Å². The summed E-state index contributed by atoms with van der Waals surface area (Å²) >= 11 is 5.77. The molecule has 2 rings (SSSR count). The topological polar surface area (TPSA) is 52.9 Å². The van der Waals surface area contributed by atoms with Crippen LogP contribution in [-0.2, 0) is 6.54 Å². The molecule has 21 heavy (non-hydrogen) atoms. The molecule has 0 unspecified atom stereocenters. The number of carbonyl (C=O) groups is 1. The van der Waals surface area contributed by atoms with Crippen LogP contribution in [0.2, 0.25) is 5.02 Å². The molecule has 2 aromatic rings. The Morgan fingerprint density at radius 3 is 2.62 bits per heavy atom. The summed E-state index contributed by atoms with van der Waals surface area (Å²) in [7, 11) is 0. The zero-order chi connectivity index (χ0) is 15.4. The summed E-state index contributed by atoms with van der Waals surface area (Å²) in [6, 6.07) is 9.17. The van der Waals surface area contributed by atoms with Gasteiger partial charge in [0.15, 0.2) is 0 Å². The Balaban J connectivity index is 2.09. The summed E-state index contributed by atoms with van der Waals surface area (Å²) < 4.78 is 26.5. The first kappa shape index (κ1) is 14.9. The van der Waals surface area contributed by atoms with E-state index in [0.717, 1.165) is 18.2 Å². The first-order chi connectivity index (χ1) is 10.0. The predicted octanol–water partition coefficient (Wildman–Crippen LogP) is 3.42. The normalized spacial score (nSPS) is 10.0. The number of nitrogens with zero attached hydrogens (tertiary/aromatic N) is 1. The molecular formula is C15H9ClF2N2O. The van der Waals surface area contributed by atoms with Crippen molar-refractivity contribution >= 4 is 17.5 Å².